The van der Waals surface area contributed by atoms with Gasteiger partial charge in [0, 0.05) is 6.42 Å². The van der Waals surface area contributed by atoms with Gasteiger partial charge >= 0.3 is 0 Å². The number of carbonyl (C=O) groups is 2. The summed E-state index contributed by atoms with van der Waals surface area (Å²) in [6.07, 6.45) is -0.313. The number of rotatable bonds is 3. The molecule has 64 valence electrons. The Morgan fingerprint density at radius 1 is 1.27 bits per heavy atom. The van der Waals surface area contributed by atoms with E-state index in [-0.39, 0.29) is 6.42 Å². The Morgan fingerprint density at radius 2 is 1.73 bits per heavy atom. The van der Waals surface area contributed by atoms with Crippen LogP contribution in [-0.4, -0.2) is 27.1 Å². The van der Waals surface area contributed by atoms with Crippen molar-refractivity contribution in [2.75, 3.05) is 6.61 Å². The number of ketones is 2. The number of Topliss-reactive ketones (excluding diaryl/α,β-unsaturated/α-hetero) is 2. The van der Waals surface area contributed by atoms with Gasteiger partial charge < -0.3 is 5.11 Å². The number of alkyl halides is 3. The van der Waals surface area contributed by atoms with Crippen molar-refractivity contribution in [1.82, 2.24) is 0 Å². The highest BCUT2D eigenvalue weighted by molar-refractivity contribution is 6.81. The van der Waals surface area contributed by atoms with Gasteiger partial charge in [-0.05, 0) is 0 Å². The van der Waals surface area contributed by atoms with Crippen LogP contribution in [0.3, 0.4) is 0 Å². The molecule has 0 spiro atoms. The molecule has 0 rings (SSSR count). The Labute approximate surface area is 78.2 Å². The lowest BCUT2D eigenvalue weighted by atomic mass is 10.2. The Hall–Kier alpha value is 0.170. The van der Waals surface area contributed by atoms with Crippen molar-refractivity contribution in [1.29, 1.82) is 0 Å². The Balaban J connectivity index is 4.15. The molecular formula is C5H5Cl3O3. The number of halogens is 3. The quantitative estimate of drug-likeness (QED) is 0.566. The fourth-order valence-electron chi connectivity index (χ4n) is 0.373. The van der Waals surface area contributed by atoms with E-state index in [0.29, 0.717) is 0 Å². The molecule has 0 aromatic rings. The fraction of sp³-hybridized carbons (Fsp3) is 0.600. The average molecular weight is 219 g/mol. The molecule has 0 saturated carbocycles. The highest BCUT2D eigenvalue weighted by Crippen LogP contribution is 2.27. The molecule has 1 N–H and O–H groups in total. The SMILES string of the molecule is O=C(CCO)C(=O)C(Cl)(Cl)Cl. The minimum Gasteiger partial charge on any atom is -0.396 e. The molecule has 0 radical (unpaired) electrons. The van der Waals surface area contributed by atoms with E-state index in [1.54, 1.807) is 0 Å². The molecule has 0 unspecified atom stereocenters. The lowest BCUT2D eigenvalue weighted by Crippen LogP contribution is -2.28. The van der Waals surface area contributed by atoms with Gasteiger partial charge in [-0.25, -0.2) is 0 Å². The molecule has 11 heavy (non-hydrogen) atoms. The molecular weight excluding hydrogens is 214 g/mol. The van der Waals surface area contributed by atoms with Crippen LogP contribution in [0.1, 0.15) is 6.42 Å². The van der Waals surface area contributed by atoms with Crippen LogP contribution >= 0.6 is 34.8 Å². The van der Waals surface area contributed by atoms with Crippen LogP contribution in [0.5, 0.6) is 0 Å². The monoisotopic (exact) mass is 218 g/mol. The summed E-state index contributed by atoms with van der Waals surface area (Å²) >= 11 is 15.3. The van der Waals surface area contributed by atoms with Crippen LogP contribution in [0, 0.1) is 0 Å². The van der Waals surface area contributed by atoms with Gasteiger partial charge in [-0.1, -0.05) is 34.8 Å². The summed E-state index contributed by atoms with van der Waals surface area (Å²) in [5, 5.41) is 8.25. The molecule has 0 aliphatic carbocycles. The predicted molar refractivity (Wildman–Crippen MR) is 42.0 cm³/mol. The van der Waals surface area contributed by atoms with Crippen LogP contribution < -0.4 is 0 Å². The van der Waals surface area contributed by atoms with Gasteiger partial charge in [-0.3, -0.25) is 9.59 Å². The third-order valence-electron chi connectivity index (χ3n) is 0.850. The first-order chi connectivity index (χ1) is 4.89. The van der Waals surface area contributed by atoms with Crippen LogP contribution in [-0.2, 0) is 9.59 Å². The summed E-state index contributed by atoms with van der Waals surface area (Å²) in [4.78, 5) is 21.3. The molecule has 0 amide bonds. The van der Waals surface area contributed by atoms with E-state index >= 15 is 0 Å². The summed E-state index contributed by atoms with van der Waals surface area (Å²) in [6.45, 7) is -0.425. The zero-order valence-corrected chi connectivity index (χ0v) is 7.58. The van der Waals surface area contributed by atoms with Crippen LogP contribution in [0.2, 0.25) is 0 Å². The number of hydrogen-bond acceptors (Lipinski definition) is 3. The molecule has 0 atom stereocenters. The number of aliphatic hydroxyl groups is 1. The first-order valence-electron chi connectivity index (χ1n) is 2.64. The third-order valence-corrected chi connectivity index (χ3v) is 1.36. The van der Waals surface area contributed by atoms with Crippen LogP contribution in [0.25, 0.3) is 0 Å². The number of hydrogen-bond donors (Lipinski definition) is 1. The molecule has 0 aliphatic rings. The smallest absolute Gasteiger partial charge is 0.256 e. The van der Waals surface area contributed by atoms with E-state index in [2.05, 4.69) is 0 Å². The van der Waals surface area contributed by atoms with Gasteiger partial charge in [0.15, 0.2) is 0 Å². The first kappa shape index (κ1) is 11.2. The van der Waals surface area contributed by atoms with E-state index in [9.17, 15) is 9.59 Å². The largest absolute Gasteiger partial charge is 0.396 e. The summed E-state index contributed by atoms with van der Waals surface area (Å²) in [6, 6.07) is 0. The Kier molecular flexibility index (Phi) is 4.32. The normalized spacial score (nSPS) is 11.3. The second kappa shape index (κ2) is 4.26. The van der Waals surface area contributed by atoms with Crippen molar-refractivity contribution in [3.8, 4) is 0 Å². The molecule has 0 heterocycles. The van der Waals surface area contributed by atoms with Gasteiger partial charge in [0.2, 0.25) is 11.6 Å². The summed E-state index contributed by atoms with van der Waals surface area (Å²) < 4.78 is -2.20. The summed E-state index contributed by atoms with van der Waals surface area (Å²) in [5.41, 5.74) is 0. The average Bonchev–Trinajstić information content (AvgIpc) is 1.85. The van der Waals surface area contributed by atoms with Gasteiger partial charge in [-0.2, -0.15) is 0 Å². The minimum atomic E-state index is -2.20. The molecule has 0 aromatic heterocycles. The highest BCUT2D eigenvalue weighted by atomic mass is 35.6. The predicted octanol–water partition coefficient (Wildman–Crippen LogP) is 0.877. The van der Waals surface area contributed by atoms with Crippen LogP contribution in [0.15, 0.2) is 0 Å². The Bertz CT molecular complexity index is 172. The van der Waals surface area contributed by atoms with Gasteiger partial charge in [0.1, 0.15) is 0 Å². The zero-order valence-electron chi connectivity index (χ0n) is 5.31. The van der Waals surface area contributed by atoms with E-state index < -0.39 is 22.0 Å². The van der Waals surface area contributed by atoms with E-state index in [0.717, 1.165) is 0 Å². The molecule has 3 nitrogen and oxygen atoms in total. The van der Waals surface area contributed by atoms with Crippen molar-refractivity contribution in [2.45, 2.75) is 10.2 Å². The minimum absolute atomic E-state index is 0.313. The molecule has 0 bridgehead atoms. The topological polar surface area (TPSA) is 54.4 Å². The first-order valence-corrected chi connectivity index (χ1v) is 3.78. The number of carbonyl (C=O) groups excluding carboxylic acids is 2. The van der Waals surface area contributed by atoms with Crippen molar-refractivity contribution in [3.05, 3.63) is 0 Å². The molecule has 0 aliphatic heterocycles. The fourth-order valence-corrected chi connectivity index (χ4v) is 0.689. The molecule has 0 fully saturated rings. The van der Waals surface area contributed by atoms with Crippen molar-refractivity contribution >= 4 is 46.4 Å². The van der Waals surface area contributed by atoms with Gasteiger partial charge in [0.05, 0.1) is 6.61 Å². The summed E-state index contributed by atoms with van der Waals surface area (Å²) in [7, 11) is 0. The maximum absolute atomic E-state index is 10.7. The van der Waals surface area contributed by atoms with Crippen molar-refractivity contribution < 1.29 is 14.7 Å². The molecule has 0 saturated heterocycles. The maximum Gasteiger partial charge on any atom is 0.256 e. The van der Waals surface area contributed by atoms with Gasteiger partial charge in [0.25, 0.3) is 3.79 Å². The Morgan fingerprint density at radius 3 is 2.00 bits per heavy atom. The third kappa shape index (κ3) is 3.91. The molecule has 6 heteroatoms. The van der Waals surface area contributed by atoms with Gasteiger partial charge in [-0.15, -0.1) is 0 Å². The zero-order chi connectivity index (χ0) is 9.07. The standard InChI is InChI=1S/C5H5Cl3O3/c6-5(7,8)4(11)3(10)1-2-9/h9H,1-2H2. The highest BCUT2D eigenvalue weighted by Gasteiger charge is 2.35. The van der Waals surface area contributed by atoms with Crippen LogP contribution in [0.4, 0.5) is 0 Å². The van der Waals surface area contributed by atoms with E-state index in [4.69, 9.17) is 39.9 Å². The van der Waals surface area contributed by atoms with E-state index in [1.807, 2.05) is 0 Å². The maximum atomic E-state index is 10.7. The van der Waals surface area contributed by atoms with Crippen molar-refractivity contribution in [2.24, 2.45) is 0 Å². The lowest BCUT2D eigenvalue weighted by Gasteiger charge is -2.06. The number of aliphatic hydroxyl groups excluding tert-OH is 1. The molecule has 0 aromatic carbocycles. The van der Waals surface area contributed by atoms with E-state index in [1.165, 1.54) is 0 Å². The lowest BCUT2D eigenvalue weighted by molar-refractivity contribution is -0.136. The second-order valence-electron chi connectivity index (χ2n) is 1.72. The van der Waals surface area contributed by atoms with Crippen molar-refractivity contribution in [3.63, 3.8) is 0 Å². The summed E-state index contributed by atoms with van der Waals surface area (Å²) in [5.74, 6) is -2.00. The second-order valence-corrected chi connectivity index (χ2v) is 4.00.